The number of aromatic nitrogens is 4. The smallest absolute Gasteiger partial charge is 0.262 e. The Balaban J connectivity index is 3.06. The van der Waals surface area contributed by atoms with E-state index in [0.717, 1.165) is 0 Å². The van der Waals surface area contributed by atoms with Gasteiger partial charge in [-0.3, -0.25) is 4.79 Å². The fourth-order valence-electron chi connectivity index (χ4n) is 1.32. The van der Waals surface area contributed by atoms with Crippen LogP contribution in [0, 0.1) is 6.92 Å². The molecule has 5 nitrogen and oxygen atoms in total. The van der Waals surface area contributed by atoms with E-state index in [2.05, 4.69) is 31.0 Å². The summed E-state index contributed by atoms with van der Waals surface area (Å²) in [5, 5.41) is 4.65. The number of halogens is 1. The van der Waals surface area contributed by atoms with Crippen LogP contribution in [0.3, 0.4) is 0 Å². The number of nitrogens with one attached hydrogen (secondary N) is 1. The van der Waals surface area contributed by atoms with Crippen molar-refractivity contribution in [3.8, 4) is 0 Å². The number of H-pyrrole nitrogens is 1. The Morgan fingerprint density at radius 1 is 1.54 bits per heavy atom. The topological polar surface area (TPSA) is 63.6 Å². The highest BCUT2D eigenvalue weighted by Gasteiger charge is 2.10. The lowest BCUT2D eigenvalue weighted by Crippen LogP contribution is -2.08. The van der Waals surface area contributed by atoms with Gasteiger partial charge in [0.2, 0.25) is 0 Å². The molecule has 0 saturated heterocycles. The second kappa shape index (κ2) is 2.66. The molecule has 0 aliphatic heterocycles. The van der Waals surface area contributed by atoms with Crippen molar-refractivity contribution in [2.75, 3.05) is 0 Å². The average molecular weight is 243 g/mol. The van der Waals surface area contributed by atoms with E-state index in [9.17, 15) is 4.79 Å². The lowest BCUT2D eigenvalue weighted by molar-refractivity contribution is 0.771. The molecule has 0 fully saturated rings. The fourth-order valence-corrected chi connectivity index (χ4v) is 1.67. The van der Waals surface area contributed by atoms with Crippen LogP contribution in [0.2, 0.25) is 0 Å². The molecule has 0 amide bonds. The first-order valence-electron chi connectivity index (χ1n) is 3.68. The van der Waals surface area contributed by atoms with E-state index >= 15 is 0 Å². The molecule has 2 aromatic rings. The van der Waals surface area contributed by atoms with Gasteiger partial charge in [-0.1, -0.05) is 0 Å². The van der Waals surface area contributed by atoms with Crippen molar-refractivity contribution >= 4 is 27.0 Å². The molecular weight excluding hydrogens is 236 g/mol. The van der Waals surface area contributed by atoms with Crippen LogP contribution < -0.4 is 5.56 Å². The van der Waals surface area contributed by atoms with Crippen molar-refractivity contribution in [3.05, 3.63) is 20.8 Å². The van der Waals surface area contributed by atoms with Crippen molar-refractivity contribution < 1.29 is 0 Å². The normalized spacial score (nSPS) is 11.0. The number of fused-ring (bicyclic) bond motifs is 1. The maximum atomic E-state index is 11.5. The van der Waals surface area contributed by atoms with Gasteiger partial charge in [-0.2, -0.15) is 5.10 Å². The Morgan fingerprint density at radius 3 is 2.92 bits per heavy atom. The summed E-state index contributed by atoms with van der Waals surface area (Å²) in [5.41, 5.74) is 1.12. The molecular formula is C7H7BrN4O. The van der Waals surface area contributed by atoms with E-state index in [0.29, 0.717) is 21.5 Å². The van der Waals surface area contributed by atoms with E-state index in [1.165, 1.54) is 0 Å². The van der Waals surface area contributed by atoms with Crippen LogP contribution in [0.4, 0.5) is 0 Å². The van der Waals surface area contributed by atoms with E-state index in [1.807, 2.05) is 0 Å². The van der Waals surface area contributed by atoms with Gasteiger partial charge in [0.25, 0.3) is 5.56 Å². The van der Waals surface area contributed by atoms with Crippen molar-refractivity contribution in [3.63, 3.8) is 0 Å². The van der Waals surface area contributed by atoms with Crippen LogP contribution in [0.1, 0.15) is 5.69 Å². The zero-order chi connectivity index (χ0) is 9.59. The molecule has 0 atom stereocenters. The fraction of sp³-hybridized carbons (Fsp3) is 0.286. The summed E-state index contributed by atoms with van der Waals surface area (Å²) in [4.78, 5) is 18.1. The quantitative estimate of drug-likeness (QED) is 0.693. The van der Waals surface area contributed by atoms with E-state index in [-0.39, 0.29) is 5.56 Å². The third-order valence-electron chi connectivity index (χ3n) is 1.84. The maximum Gasteiger partial charge on any atom is 0.262 e. The molecule has 0 aliphatic carbocycles. The van der Waals surface area contributed by atoms with Crippen LogP contribution in [-0.4, -0.2) is 19.7 Å². The van der Waals surface area contributed by atoms with Gasteiger partial charge in [0.05, 0.1) is 5.69 Å². The standard InChI is InChI=1S/C7H7BrN4O/c1-3-4-5(12(2)11-3)9-7(8)10-6(4)13/h1-2H3,(H,9,10,13). The van der Waals surface area contributed by atoms with Gasteiger partial charge < -0.3 is 4.98 Å². The molecule has 0 unspecified atom stereocenters. The first kappa shape index (κ1) is 8.43. The molecule has 0 aliphatic rings. The number of hydrogen-bond donors (Lipinski definition) is 1. The highest BCUT2D eigenvalue weighted by molar-refractivity contribution is 9.10. The minimum absolute atomic E-state index is 0.164. The van der Waals surface area contributed by atoms with Gasteiger partial charge in [-0.15, -0.1) is 0 Å². The average Bonchev–Trinajstić information content (AvgIpc) is 2.27. The minimum atomic E-state index is -0.164. The van der Waals surface area contributed by atoms with Gasteiger partial charge in [0.15, 0.2) is 10.4 Å². The van der Waals surface area contributed by atoms with Gasteiger partial charge >= 0.3 is 0 Å². The first-order valence-corrected chi connectivity index (χ1v) is 4.48. The second-order valence-corrected chi connectivity index (χ2v) is 3.52. The molecule has 2 rings (SSSR count). The molecule has 68 valence electrons. The third-order valence-corrected chi connectivity index (χ3v) is 2.22. The monoisotopic (exact) mass is 242 g/mol. The van der Waals surface area contributed by atoms with Gasteiger partial charge in [0.1, 0.15) is 5.39 Å². The summed E-state index contributed by atoms with van der Waals surface area (Å²) in [7, 11) is 1.76. The van der Waals surface area contributed by atoms with Crippen LogP contribution in [-0.2, 0) is 7.05 Å². The zero-order valence-electron chi connectivity index (χ0n) is 7.13. The molecule has 1 N–H and O–H groups in total. The summed E-state index contributed by atoms with van der Waals surface area (Å²) in [6.07, 6.45) is 0. The zero-order valence-corrected chi connectivity index (χ0v) is 8.71. The van der Waals surface area contributed by atoms with Crippen LogP contribution in [0.15, 0.2) is 9.53 Å². The molecule has 0 saturated carbocycles. The summed E-state index contributed by atoms with van der Waals surface area (Å²) in [5.74, 6) is 0. The molecule has 0 bridgehead atoms. The van der Waals surface area contributed by atoms with E-state index < -0.39 is 0 Å². The first-order chi connectivity index (χ1) is 6.09. The Bertz CT molecular complexity index is 527. The van der Waals surface area contributed by atoms with Crippen molar-refractivity contribution in [2.24, 2.45) is 7.05 Å². The summed E-state index contributed by atoms with van der Waals surface area (Å²) < 4.78 is 2.01. The number of nitrogens with zero attached hydrogens (tertiary/aromatic N) is 3. The minimum Gasteiger partial charge on any atom is -0.300 e. The molecule has 0 aromatic carbocycles. The Hall–Kier alpha value is -1.17. The van der Waals surface area contributed by atoms with Gasteiger partial charge in [-0.25, -0.2) is 9.67 Å². The van der Waals surface area contributed by atoms with Gasteiger partial charge in [-0.05, 0) is 22.9 Å². The predicted octanol–water partition coefficient (Wildman–Crippen LogP) is 0.728. The third kappa shape index (κ3) is 1.17. The molecule has 2 aromatic heterocycles. The predicted molar refractivity (Wildman–Crippen MR) is 51.6 cm³/mol. The van der Waals surface area contributed by atoms with Crippen LogP contribution in [0.5, 0.6) is 0 Å². The lowest BCUT2D eigenvalue weighted by Gasteiger charge is -1.92. The highest BCUT2D eigenvalue weighted by Crippen LogP contribution is 2.11. The maximum absolute atomic E-state index is 11.5. The van der Waals surface area contributed by atoms with Crippen LogP contribution in [0.25, 0.3) is 11.0 Å². The molecule has 0 spiro atoms. The van der Waals surface area contributed by atoms with E-state index in [4.69, 9.17) is 0 Å². The summed E-state index contributed by atoms with van der Waals surface area (Å²) in [6.45, 7) is 1.78. The molecule has 0 radical (unpaired) electrons. The van der Waals surface area contributed by atoms with Crippen LogP contribution >= 0.6 is 15.9 Å². The molecule has 2 heterocycles. The summed E-state index contributed by atoms with van der Waals surface area (Å²) >= 11 is 3.12. The lowest BCUT2D eigenvalue weighted by atomic mass is 10.3. The number of aromatic amines is 1. The number of hydrogen-bond acceptors (Lipinski definition) is 3. The SMILES string of the molecule is Cc1nn(C)c2nc(Br)[nH]c(=O)c12. The number of aryl methyl sites for hydroxylation is 2. The van der Waals surface area contributed by atoms with Crippen molar-refractivity contribution in [1.82, 2.24) is 19.7 Å². The largest absolute Gasteiger partial charge is 0.300 e. The Kier molecular flexibility index (Phi) is 1.73. The molecule has 13 heavy (non-hydrogen) atoms. The van der Waals surface area contributed by atoms with Gasteiger partial charge in [0, 0.05) is 7.05 Å². The molecule has 6 heteroatoms. The van der Waals surface area contributed by atoms with E-state index in [1.54, 1.807) is 18.7 Å². The summed E-state index contributed by atoms with van der Waals surface area (Å²) in [6, 6.07) is 0. The van der Waals surface area contributed by atoms with Crippen molar-refractivity contribution in [1.29, 1.82) is 0 Å². The second-order valence-electron chi connectivity index (χ2n) is 2.76. The number of rotatable bonds is 0. The Morgan fingerprint density at radius 2 is 2.23 bits per heavy atom. The van der Waals surface area contributed by atoms with Crippen molar-refractivity contribution in [2.45, 2.75) is 6.92 Å². The Labute approximate surface area is 81.9 Å². The highest BCUT2D eigenvalue weighted by atomic mass is 79.9.